The molecule has 4 nitrogen and oxygen atoms in total. The van der Waals surface area contributed by atoms with Crippen molar-refractivity contribution < 1.29 is 5.11 Å². The molecule has 2 heterocycles. The standard InChI is InChI=1S/C13H21N3O/c1-10(17)12-3-6-16(7-4-12)9-11-2-5-15-13(14)8-11/h2,5,8,10,12,17H,3-4,6-7,9H2,1H3,(H2,14,15). The predicted octanol–water partition coefficient (Wildman–Crippen LogP) is 1.26. The van der Waals surface area contributed by atoms with Gasteiger partial charge in [-0.05, 0) is 56.5 Å². The van der Waals surface area contributed by atoms with Crippen LogP contribution in [0.2, 0.25) is 0 Å². The number of hydrogen-bond acceptors (Lipinski definition) is 4. The smallest absolute Gasteiger partial charge is 0.123 e. The minimum absolute atomic E-state index is 0.172. The Labute approximate surface area is 102 Å². The van der Waals surface area contributed by atoms with Gasteiger partial charge in [0, 0.05) is 12.7 Å². The second kappa shape index (κ2) is 5.47. The Balaban J connectivity index is 1.86. The number of hydrogen-bond donors (Lipinski definition) is 2. The Morgan fingerprint density at radius 3 is 2.82 bits per heavy atom. The van der Waals surface area contributed by atoms with Crippen LogP contribution in [0.25, 0.3) is 0 Å². The number of piperidine rings is 1. The van der Waals surface area contributed by atoms with Gasteiger partial charge in [0.05, 0.1) is 6.10 Å². The Hall–Kier alpha value is -1.13. The number of aliphatic hydroxyl groups is 1. The number of nitrogen functional groups attached to an aromatic ring is 1. The second-order valence-corrected chi connectivity index (χ2v) is 4.94. The molecule has 2 rings (SSSR count). The molecule has 4 heteroatoms. The van der Waals surface area contributed by atoms with Gasteiger partial charge in [0.2, 0.25) is 0 Å². The van der Waals surface area contributed by atoms with Gasteiger partial charge < -0.3 is 10.8 Å². The van der Waals surface area contributed by atoms with E-state index in [1.807, 2.05) is 19.1 Å². The Morgan fingerprint density at radius 2 is 2.24 bits per heavy atom. The topological polar surface area (TPSA) is 62.4 Å². The number of nitrogens with two attached hydrogens (primary N) is 1. The fourth-order valence-corrected chi connectivity index (χ4v) is 2.44. The third-order valence-corrected chi connectivity index (χ3v) is 3.57. The summed E-state index contributed by atoms with van der Waals surface area (Å²) >= 11 is 0. The van der Waals surface area contributed by atoms with Crippen molar-refractivity contribution in [3.05, 3.63) is 23.9 Å². The number of nitrogens with zero attached hydrogens (tertiary/aromatic N) is 2. The number of aliphatic hydroxyl groups excluding tert-OH is 1. The average molecular weight is 235 g/mol. The highest BCUT2D eigenvalue weighted by Crippen LogP contribution is 2.21. The van der Waals surface area contributed by atoms with Crippen molar-refractivity contribution in [2.45, 2.75) is 32.4 Å². The molecule has 0 aromatic carbocycles. The lowest BCUT2D eigenvalue weighted by Gasteiger charge is -2.33. The summed E-state index contributed by atoms with van der Waals surface area (Å²) in [6.45, 7) is 4.93. The lowest BCUT2D eigenvalue weighted by Crippen LogP contribution is -2.36. The maximum atomic E-state index is 9.55. The van der Waals surface area contributed by atoms with Gasteiger partial charge in [0.15, 0.2) is 0 Å². The van der Waals surface area contributed by atoms with Gasteiger partial charge in [0.25, 0.3) is 0 Å². The molecule has 1 unspecified atom stereocenters. The van der Waals surface area contributed by atoms with Crippen molar-refractivity contribution in [3.63, 3.8) is 0 Å². The van der Waals surface area contributed by atoms with Crippen LogP contribution in [-0.2, 0) is 6.54 Å². The van der Waals surface area contributed by atoms with E-state index >= 15 is 0 Å². The van der Waals surface area contributed by atoms with Crippen LogP contribution in [0.5, 0.6) is 0 Å². The van der Waals surface area contributed by atoms with Crippen molar-refractivity contribution in [2.24, 2.45) is 5.92 Å². The van der Waals surface area contributed by atoms with Crippen molar-refractivity contribution in [3.8, 4) is 0 Å². The van der Waals surface area contributed by atoms with Crippen LogP contribution in [0.3, 0.4) is 0 Å². The summed E-state index contributed by atoms with van der Waals surface area (Å²) in [5, 5.41) is 9.55. The van der Waals surface area contributed by atoms with Gasteiger partial charge in [0.1, 0.15) is 5.82 Å². The number of anilines is 1. The summed E-state index contributed by atoms with van der Waals surface area (Å²) in [7, 11) is 0. The largest absolute Gasteiger partial charge is 0.393 e. The van der Waals surface area contributed by atoms with Crippen LogP contribution in [0.15, 0.2) is 18.3 Å². The van der Waals surface area contributed by atoms with E-state index in [4.69, 9.17) is 5.73 Å². The van der Waals surface area contributed by atoms with Crippen LogP contribution in [0.1, 0.15) is 25.3 Å². The van der Waals surface area contributed by atoms with Crippen molar-refractivity contribution in [1.82, 2.24) is 9.88 Å². The first-order chi connectivity index (χ1) is 8.15. The third-order valence-electron chi connectivity index (χ3n) is 3.57. The highest BCUT2D eigenvalue weighted by Gasteiger charge is 2.22. The van der Waals surface area contributed by atoms with Crippen LogP contribution in [-0.4, -0.2) is 34.2 Å². The summed E-state index contributed by atoms with van der Waals surface area (Å²) < 4.78 is 0. The monoisotopic (exact) mass is 235 g/mol. The number of rotatable bonds is 3. The van der Waals surface area contributed by atoms with E-state index < -0.39 is 0 Å². The van der Waals surface area contributed by atoms with E-state index in [-0.39, 0.29) is 6.10 Å². The molecular weight excluding hydrogens is 214 g/mol. The SMILES string of the molecule is CC(O)C1CCN(Cc2ccnc(N)c2)CC1. The van der Waals surface area contributed by atoms with Crippen LogP contribution in [0.4, 0.5) is 5.82 Å². The maximum absolute atomic E-state index is 9.55. The number of aromatic nitrogens is 1. The number of likely N-dealkylation sites (tertiary alicyclic amines) is 1. The van der Waals surface area contributed by atoms with E-state index in [2.05, 4.69) is 9.88 Å². The highest BCUT2D eigenvalue weighted by molar-refractivity contribution is 5.31. The molecule has 1 aromatic heterocycles. The highest BCUT2D eigenvalue weighted by atomic mass is 16.3. The summed E-state index contributed by atoms with van der Waals surface area (Å²) in [6, 6.07) is 3.94. The Morgan fingerprint density at radius 1 is 1.53 bits per heavy atom. The average Bonchev–Trinajstić information content (AvgIpc) is 2.29. The van der Waals surface area contributed by atoms with E-state index in [1.54, 1.807) is 6.20 Å². The van der Waals surface area contributed by atoms with Crippen molar-refractivity contribution in [2.75, 3.05) is 18.8 Å². The zero-order chi connectivity index (χ0) is 12.3. The first kappa shape index (κ1) is 12.3. The van der Waals surface area contributed by atoms with Crippen LogP contribution < -0.4 is 5.73 Å². The molecule has 1 aromatic rings. The van der Waals surface area contributed by atoms with E-state index in [9.17, 15) is 5.11 Å². The predicted molar refractivity (Wildman–Crippen MR) is 68.3 cm³/mol. The molecule has 94 valence electrons. The van der Waals surface area contributed by atoms with Gasteiger partial charge in [-0.2, -0.15) is 0 Å². The molecule has 0 amide bonds. The van der Waals surface area contributed by atoms with Crippen molar-refractivity contribution >= 4 is 5.82 Å². The normalized spacial score (nSPS) is 20.4. The van der Waals surface area contributed by atoms with Gasteiger partial charge in [-0.3, -0.25) is 4.90 Å². The lowest BCUT2D eigenvalue weighted by atomic mass is 9.92. The molecule has 17 heavy (non-hydrogen) atoms. The molecule has 0 radical (unpaired) electrons. The number of pyridine rings is 1. The second-order valence-electron chi connectivity index (χ2n) is 4.94. The van der Waals surface area contributed by atoms with E-state index in [0.717, 1.165) is 32.5 Å². The fraction of sp³-hybridized carbons (Fsp3) is 0.615. The van der Waals surface area contributed by atoms with Crippen LogP contribution in [0, 0.1) is 5.92 Å². The summed E-state index contributed by atoms with van der Waals surface area (Å²) in [6.07, 6.45) is 3.75. The van der Waals surface area contributed by atoms with E-state index in [0.29, 0.717) is 11.7 Å². The molecule has 1 aliphatic rings. The third kappa shape index (κ3) is 3.41. The molecule has 1 atom stereocenters. The molecule has 0 aliphatic carbocycles. The van der Waals surface area contributed by atoms with Gasteiger partial charge in [-0.15, -0.1) is 0 Å². The molecule has 1 aliphatic heterocycles. The van der Waals surface area contributed by atoms with Gasteiger partial charge in [-0.25, -0.2) is 4.98 Å². The zero-order valence-corrected chi connectivity index (χ0v) is 10.3. The summed E-state index contributed by atoms with van der Waals surface area (Å²) in [5.41, 5.74) is 6.88. The minimum Gasteiger partial charge on any atom is -0.393 e. The van der Waals surface area contributed by atoms with Gasteiger partial charge in [-0.1, -0.05) is 0 Å². The Bertz CT molecular complexity index is 359. The quantitative estimate of drug-likeness (QED) is 0.828. The summed E-state index contributed by atoms with van der Waals surface area (Å²) in [4.78, 5) is 6.40. The molecule has 1 saturated heterocycles. The molecule has 0 bridgehead atoms. The van der Waals surface area contributed by atoms with Crippen molar-refractivity contribution in [1.29, 1.82) is 0 Å². The van der Waals surface area contributed by atoms with E-state index in [1.165, 1.54) is 5.56 Å². The summed E-state index contributed by atoms with van der Waals surface area (Å²) in [5.74, 6) is 1.05. The first-order valence-electron chi connectivity index (χ1n) is 6.26. The molecular formula is C13H21N3O. The minimum atomic E-state index is -0.172. The zero-order valence-electron chi connectivity index (χ0n) is 10.3. The molecule has 0 spiro atoms. The Kier molecular flexibility index (Phi) is 3.97. The maximum Gasteiger partial charge on any atom is 0.123 e. The van der Waals surface area contributed by atoms with Gasteiger partial charge >= 0.3 is 0 Å². The fourth-order valence-electron chi connectivity index (χ4n) is 2.44. The molecule has 1 fully saturated rings. The molecule has 0 saturated carbocycles. The van der Waals surface area contributed by atoms with Crippen LogP contribution >= 0.6 is 0 Å². The lowest BCUT2D eigenvalue weighted by molar-refractivity contribution is 0.0695. The molecule has 3 N–H and O–H groups in total. The first-order valence-corrected chi connectivity index (χ1v) is 6.26.